The van der Waals surface area contributed by atoms with Crippen LogP contribution in [0.4, 0.5) is 0 Å². The Hall–Kier alpha value is -0.340. The summed E-state index contributed by atoms with van der Waals surface area (Å²) in [5, 5.41) is 3.23. The van der Waals surface area contributed by atoms with Crippen LogP contribution in [0.5, 0.6) is 0 Å². The van der Waals surface area contributed by atoms with Gasteiger partial charge in [-0.3, -0.25) is 0 Å². The average Bonchev–Trinajstić information content (AvgIpc) is 2.26. The van der Waals surface area contributed by atoms with Gasteiger partial charge in [-0.1, -0.05) is 6.08 Å². The summed E-state index contributed by atoms with van der Waals surface area (Å²) >= 11 is 0. The number of hydrogen-bond donors (Lipinski definition) is 2. The van der Waals surface area contributed by atoms with Crippen LogP contribution in [0.3, 0.4) is 0 Å². The number of rotatable bonds is 0. The molecule has 7 heavy (non-hydrogen) atoms. The molecule has 1 saturated carbocycles. The number of nitrogens with two attached hydrogens (primary N) is 1. The summed E-state index contributed by atoms with van der Waals surface area (Å²) in [5.74, 6) is 0. The minimum atomic E-state index is 0.369. The van der Waals surface area contributed by atoms with E-state index in [4.69, 9.17) is 5.73 Å². The summed E-state index contributed by atoms with van der Waals surface area (Å²) in [7, 11) is 0. The molecule has 2 atom stereocenters. The van der Waals surface area contributed by atoms with Crippen LogP contribution in [0.15, 0.2) is 11.6 Å². The molecule has 2 aliphatic rings. The van der Waals surface area contributed by atoms with E-state index in [0.29, 0.717) is 12.1 Å². The quantitative estimate of drug-likeness (QED) is 0.388. The van der Waals surface area contributed by atoms with Crippen LogP contribution >= 0.6 is 0 Å². The second-order valence-corrected chi connectivity index (χ2v) is 2.12. The normalized spacial score (nSPS) is 45.6. The van der Waals surface area contributed by atoms with Gasteiger partial charge in [0.05, 0.1) is 0 Å². The zero-order valence-corrected chi connectivity index (χ0v) is 4.02. The third-order valence-electron chi connectivity index (χ3n) is 1.67. The molecular formula is C5H8N2. The van der Waals surface area contributed by atoms with Crippen molar-refractivity contribution in [3.63, 3.8) is 0 Å². The molecular weight excluding hydrogens is 88.1 g/mol. The lowest BCUT2D eigenvalue weighted by atomic mass is 10.5. The lowest BCUT2D eigenvalue weighted by Crippen LogP contribution is -2.21. The summed E-state index contributed by atoms with van der Waals surface area (Å²) in [6, 6.07) is 0.939. The average molecular weight is 96.1 g/mol. The molecule has 38 valence electrons. The number of fused-ring (bicyclic) bond motifs is 1. The molecule has 2 rings (SSSR count). The first-order valence-electron chi connectivity index (χ1n) is 2.58. The van der Waals surface area contributed by atoms with Gasteiger partial charge in [-0.25, -0.2) is 0 Å². The van der Waals surface area contributed by atoms with Crippen LogP contribution < -0.4 is 11.1 Å². The Morgan fingerprint density at radius 1 is 1.86 bits per heavy atom. The molecule has 0 aromatic rings. The lowest BCUT2D eigenvalue weighted by Gasteiger charge is -1.90. The van der Waals surface area contributed by atoms with Crippen molar-refractivity contribution in [3.8, 4) is 0 Å². The first kappa shape index (κ1) is 3.64. The molecule has 1 aliphatic heterocycles. The predicted molar refractivity (Wildman–Crippen MR) is 27.8 cm³/mol. The highest BCUT2D eigenvalue weighted by atomic mass is 15.1. The molecule has 1 heterocycles. The van der Waals surface area contributed by atoms with E-state index >= 15 is 0 Å². The molecule has 2 nitrogen and oxygen atoms in total. The molecule has 2 heteroatoms. The van der Waals surface area contributed by atoms with Crippen molar-refractivity contribution in [1.82, 2.24) is 5.32 Å². The predicted octanol–water partition coefficient (Wildman–Crippen LogP) is -0.774. The summed E-state index contributed by atoms with van der Waals surface area (Å²) in [6.45, 7) is 1.04. The van der Waals surface area contributed by atoms with E-state index in [-0.39, 0.29) is 0 Å². The van der Waals surface area contributed by atoms with Crippen LogP contribution in [0, 0.1) is 0 Å². The maximum atomic E-state index is 5.54. The van der Waals surface area contributed by atoms with Crippen molar-refractivity contribution in [3.05, 3.63) is 11.6 Å². The van der Waals surface area contributed by atoms with E-state index in [0.717, 1.165) is 6.54 Å². The Balaban J connectivity index is 2.27. The van der Waals surface area contributed by atoms with Gasteiger partial charge in [0.2, 0.25) is 0 Å². The van der Waals surface area contributed by atoms with Crippen LogP contribution in [-0.2, 0) is 0 Å². The van der Waals surface area contributed by atoms with Crippen LogP contribution in [0.1, 0.15) is 0 Å². The highest BCUT2D eigenvalue weighted by molar-refractivity contribution is 5.42. The standard InChI is InChI=1S/C5H8N2/c6-4-3-1-2-7-5(3)4/h1,4-5,7H,2,6H2. The Bertz CT molecular complexity index is 128. The van der Waals surface area contributed by atoms with Crippen molar-refractivity contribution in [2.45, 2.75) is 12.1 Å². The van der Waals surface area contributed by atoms with Crippen LogP contribution in [0.2, 0.25) is 0 Å². The third kappa shape index (κ3) is 0.309. The fraction of sp³-hybridized carbons (Fsp3) is 0.600. The smallest absolute Gasteiger partial charge is 0.0491 e. The Morgan fingerprint density at radius 2 is 2.71 bits per heavy atom. The van der Waals surface area contributed by atoms with Crippen molar-refractivity contribution in [1.29, 1.82) is 0 Å². The maximum Gasteiger partial charge on any atom is 0.0491 e. The fourth-order valence-electron chi connectivity index (χ4n) is 1.12. The van der Waals surface area contributed by atoms with E-state index in [1.807, 2.05) is 0 Å². The zero-order chi connectivity index (χ0) is 4.85. The van der Waals surface area contributed by atoms with Gasteiger partial charge in [0.1, 0.15) is 0 Å². The highest BCUT2D eigenvalue weighted by Crippen LogP contribution is 2.30. The van der Waals surface area contributed by atoms with Crippen LogP contribution in [0.25, 0.3) is 0 Å². The van der Waals surface area contributed by atoms with Crippen molar-refractivity contribution in [2.75, 3.05) is 6.54 Å². The fourth-order valence-corrected chi connectivity index (χ4v) is 1.12. The summed E-state index contributed by atoms with van der Waals surface area (Å²) < 4.78 is 0. The Kier molecular flexibility index (Phi) is 0.470. The lowest BCUT2D eigenvalue weighted by molar-refractivity contribution is 0.749. The molecule has 0 spiro atoms. The Labute approximate surface area is 42.4 Å². The van der Waals surface area contributed by atoms with Crippen LogP contribution in [-0.4, -0.2) is 18.6 Å². The molecule has 0 bridgehead atoms. The zero-order valence-electron chi connectivity index (χ0n) is 4.02. The van der Waals surface area contributed by atoms with Gasteiger partial charge in [0.15, 0.2) is 0 Å². The second kappa shape index (κ2) is 0.904. The van der Waals surface area contributed by atoms with E-state index in [2.05, 4.69) is 11.4 Å². The van der Waals surface area contributed by atoms with Gasteiger partial charge < -0.3 is 11.1 Å². The molecule has 1 aliphatic carbocycles. The van der Waals surface area contributed by atoms with E-state index in [1.54, 1.807) is 0 Å². The number of nitrogens with one attached hydrogen (secondary N) is 1. The Morgan fingerprint density at radius 3 is 3.00 bits per heavy atom. The third-order valence-corrected chi connectivity index (χ3v) is 1.67. The monoisotopic (exact) mass is 96.1 g/mol. The van der Waals surface area contributed by atoms with Gasteiger partial charge in [-0.15, -0.1) is 0 Å². The summed E-state index contributed by atoms with van der Waals surface area (Å²) in [4.78, 5) is 0. The van der Waals surface area contributed by atoms with Gasteiger partial charge in [0, 0.05) is 18.6 Å². The number of hydrogen-bond acceptors (Lipinski definition) is 2. The van der Waals surface area contributed by atoms with Gasteiger partial charge in [-0.05, 0) is 5.57 Å². The molecule has 3 N–H and O–H groups in total. The topological polar surface area (TPSA) is 38.0 Å². The highest BCUT2D eigenvalue weighted by Gasteiger charge is 2.42. The molecule has 2 unspecified atom stereocenters. The summed E-state index contributed by atoms with van der Waals surface area (Å²) in [5.41, 5.74) is 6.96. The van der Waals surface area contributed by atoms with E-state index in [9.17, 15) is 0 Å². The second-order valence-electron chi connectivity index (χ2n) is 2.12. The van der Waals surface area contributed by atoms with E-state index in [1.165, 1.54) is 5.57 Å². The van der Waals surface area contributed by atoms with Gasteiger partial charge in [-0.2, -0.15) is 0 Å². The molecule has 0 aromatic carbocycles. The minimum absolute atomic E-state index is 0.369. The molecule has 0 saturated heterocycles. The molecule has 0 amide bonds. The summed E-state index contributed by atoms with van der Waals surface area (Å²) in [6.07, 6.45) is 2.18. The van der Waals surface area contributed by atoms with E-state index < -0.39 is 0 Å². The molecule has 1 fully saturated rings. The molecule has 0 aromatic heterocycles. The van der Waals surface area contributed by atoms with Crippen molar-refractivity contribution in [2.24, 2.45) is 5.73 Å². The first-order valence-corrected chi connectivity index (χ1v) is 2.58. The van der Waals surface area contributed by atoms with Crippen molar-refractivity contribution < 1.29 is 0 Å². The van der Waals surface area contributed by atoms with Gasteiger partial charge >= 0.3 is 0 Å². The molecule has 0 radical (unpaired) electrons. The SMILES string of the molecule is NC1C2=CCNC21. The largest absolute Gasteiger partial charge is 0.323 e. The van der Waals surface area contributed by atoms with Gasteiger partial charge in [0.25, 0.3) is 0 Å². The first-order chi connectivity index (χ1) is 3.39. The maximum absolute atomic E-state index is 5.54. The minimum Gasteiger partial charge on any atom is -0.323 e. The van der Waals surface area contributed by atoms with Crippen molar-refractivity contribution >= 4 is 0 Å².